The zero-order valence-corrected chi connectivity index (χ0v) is 14.4. The lowest BCUT2D eigenvalue weighted by Crippen LogP contribution is -2.28. The van der Waals surface area contributed by atoms with Crippen molar-refractivity contribution in [2.45, 2.75) is 13.5 Å². The molecule has 2 aromatic carbocycles. The second-order valence-corrected chi connectivity index (χ2v) is 5.46. The van der Waals surface area contributed by atoms with E-state index in [1.165, 1.54) is 19.1 Å². The summed E-state index contributed by atoms with van der Waals surface area (Å²) in [6.45, 7) is 1.53. The van der Waals surface area contributed by atoms with E-state index < -0.39 is 11.8 Å². The van der Waals surface area contributed by atoms with Gasteiger partial charge >= 0.3 is 6.03 Å². The van der Waals surface area contributed by atoms with Crippen molar-refractivity contribution in [2.75, 3.05) is 17.7 Å². The molecule has 8 heteroatoms. The number of halogens is 1. The summed E-state index contributed by atoms with van der Waals surface area (Å²) in [5.41, 5.74) is 1.61. The number of carbonyl (C=O) groups is 3. The normalized spacial score (nSPS) is 9.96. The molecule has 0 aromatic heterocycles. The number of carbonyl (C=O) groups excluding carboxylic acids is 3. The summed E-state index contributed by atoms with van der Waals surface area (Å²) < 4.78 is 13.8. The van der Waals surface area contributed by atoms with Crippen LogP contribution < -0.4 is 21.3 Å². The highest BCUT2D eigenvalue weighted by Crippen LogP contribution is 2.19. The average molecular weight is 358 g/mol. The van der Waals surface area contributed by atoms with E-state index in [0.29, 0.717) is 11.3 Å². The monoisotopic (exact) mass is 358 g/mol. The summed E-state index contributed by atoms with van der Waals surface area (Å²) >= 11 is 0. The fraction of sp³-hybridized carbons (Fsp3) is 0.167. The molecule has 2 rings (SSSR count). The van der Waals surface area contributed by atoms with E-state index in [1.807, 2.05) is 0 Å². The van der Waals surface area contributed by atoms with Crippen molar-refractivity contribution in [2.24, 2.45) is 0 Å². The molecule has 7 nitrogen and oxygen atoms in total. The Kier molecular flexibility index (Phi) is 6.26. The number of nitrogens with one attached hydrogen (secondary N) is 4. The minimum absolute atomic E-state index is 0.0521. The molecule has 0 aliphatic heterocycles. The van der Waals surface area contributed by atoms with Crippen molar-refractivity contribution in [3.05, 3.63) is 59.4 Å². The summed E-state index contributed by atoms with van der Waals surface area (Å²) in [6, 6.07) is 9.99. The first-order valence-corrected chi connectivity index (χ1v) is 7.82. The number of urea groups is 1. The lowest BCUT2D eigenvalue weighted by atomic mass is 10.1. The summed E-state index contributed by atoms with van der Waals surface area (Å²) in [5, 5.41) is 10.0. The number of anilines is 2. The first kappa shape index (κ1) is 18.9. The molecule has 4 amide bonds. The summed E-state index contributed by atoms with van der Waals surface area (Å²) in [7, 11) is 1.54. The highest BCUT2D eigenvalue weighted by atomic mass is 19.1. The van der Waals surface area contributed by atoms with E-state index in [2.05, 4.69) is 21.3 Å². The van der Waals surface area contributed by atoms with Crippen molar-refractivity contribution < 1.29 is 18.8 Å². The van der Waals surface area contributed by atoms with Gasteiger partial charge in [0, 0.05) is 31.8 Å². The molecule has 0 unspecified atom stereocenters. The maximum atomic E-state index is 13.8. The van der Waals surface area contributed by atoms with Gasteiger partial charge in [0.15, 0.2) is 0 Å². The second kappa shape index (κ2) is 8.61. The molecule has 26 heavy (non-hydrogen) atoms. The SMILES string of the molecule is CNC(=O)c1ccc(CNC(=O)Nc2cc(NC(C)=O)ccc2F)cc1. The third-order valence-electron chi connectivity index (χ3n) is 3.43. The van der Waals surface area contributed by atoms with Gasteiger partial charge in [-0.25, -0.2) is 9.18 Å². The first-order chi connectivity index (χ1) is 12.4. The molecule has 136 valence electrons. The maximum absolute atomic E-state index is 13.8. The molecule has 0 radical (unpaired) electrons. The van der Waals surface area contributed by atoms with E-state index in [4.69, 9.17) is 0 Å². The summed E-state index contributed by atoms with van der Waals surface area (Å²) in [6.07, 6.45) is 0. The molecule has 0 aliphatic rings. The van der Waals surface area contributed by atoms with Crippen LogP contribution in [0.1, 0.15) is 22.8 Å². The van der Waals surface area contributed by atoms with E-state index >= 15 is 0 Å². The van der Waals surface area contributed by atoms with Crippen LogP contribution in [0.4, 0.5) is 20.6 Å². The van der Waals surface area contributed by atoms with Crippen LogP contribution in [0.2, 0.25) is 0 Å². The molecular weight excluding hydrogens is 339 g/mol. The number of hydrogen-bond acceptors (Lipinski definition) is 3. The van der Waals surface area contributed by atoms with Crippen LogP contribution in [-0.2, 0) is 11.3 Å². The van der Waals surface area contributed by atoms with E-state index in [1.54, 1.807) is 31.3 Å². The molecule has 2 aromatic rings. The van der Waals surface area contributed by atoms with Crippen LogP contribution in [0.5, 0.6) is 0 Å². The van der Waals surface area contributed by atoms with Gasteiger partial charge in [-0.1, -0.05) is 12.1 Å². The largest absolute Gasteiger partial charge is 0.355 e. The number of hydrogen-bond donors (Lipinski definition) is 4. The Morgan fingerprint density at radius 1 is 1.00 bits per heavy atom. The molecule has 0 atom stereocenters. The van der Waals surface area contributed by atoms with Crippen molar-refractivity contribution in [3.63, 3.8) is 0 Å². The Morgan fingerprint density at radius 3 is 2.31 bits per heavy atom. The van der Waals surface area contributed by atoms with E-state index in [0.717, 1.165) is 11.6 Å². The third-order valence-corrected chi connectivity index (χ3v) is 3.43. The third kappa shape index (κ3) is 5.30. The predicted octanol–water partition coefficient (Wildman–Crippen LogP) is 2.47. The van der Waals surface area contributed by atoms with Gasteiger partial charge in [0.25, 0.3) is 5.91 Å². The predicted molar refractivity (Wildman–Crippen MR) is 96.4 cm³/mol. The average Bonchev–Trinajstić information content (AvgIpc) is 2.62. The molecule has 0 aliphatic carbocycles. The van der Waals surface area contributed by atoms with Gasteiger partial charge in [-0.05, 0) is 35.9 Å². The zero-order valence-electron chi connectivity index (χ0n) is 14.4. The smallest absolute Gasteiger partial charge is 0.319 e. The highest BCUT2D eigenvalue weighted by Gasteiger charge is 2.09. The minimum atomic E-state index is -0.621. The highest BCUT2D eigenvalue weighted by molar-refractivity contribution is 5.94. The van der Waals surface area contributed by atoms with Crippen LogP contribution in [0, 0.1) is 5.82 Å². The maximum Gasteiger partial charge on any atom is 0.319 e. The van der Waals surface area contributed by atoms with Gasteiger partial charge in [-0.15, -0.1) is 0 Å². The van der Waals surface area contributed by atoms with Crippen LogP contribution in [0.25, 0.3) is 0 Å². The van der Waals surface area contributed by atoms with Crippen LogP contribution >= 0.6 is 0 Å². The molecule has 0 spiro atoms. The van der Waals surface area contributed by atoms with Crippen molar-refractivity contribution in [1.82, 2.24) is 10.6 Å². The zero-order chi connectivity index (χ0) is 19.1. The molecule has 0 saturated carbocycles. The van der Waals surface area contributed by atoms with Gasteiger partial charge in [-0.3, -0.25) is 9.59 Å². The Labute approximate surface area is 150 Å². The van der Waals surface area contributed by atoms with Crippen molar-refractivity contribution >= 4 is 29.2 Å². The topological polar surface area (TPSA) is 99.3 Å². The molecular formula is C18H19FN4O3. The molecule has 0 bridgehead atoms. The molecule has 4 N–H and O–H groups in total. The Hall–Kier alpha value is -3.42. The molecule has 0 fully saturated rings. The van der Waals surface area contributed by atoms with Crippen molar-refractivity contribution in [1.29, 1.82) is 0 Å². The number of benzene rings is 2. The van der Waals surface area contributed by atoms with E-state index in [9.17, 15) is 18.8 Å². The van der Waals surface area contributed by atoms with Gasteiger partial charge in [-0.2, -0.15) is 0 Å². The fourth-order valence-corrected chi connectivity index (χ4v) is 2.17. The lowest BCUT2D eigenvalue weighted by molar-refractivity contribution is -0.114. The number of rotatable bonds is 5. The number of amides is 4. The molecule has 0 heterocycles. The fourth-order valence-electron chi connectivity index (χ4n) is 2.17. The van der Waals surface area contributed by atoms with Crippen molar-refractivity contribution in [3.8, 4) is 0 Å². The van der Waals surface area contributed by atoms with Crippen LogP contribution in [-0.4, -0.2) is 24.9 Å². The van der Waals surface area contributed by atoms with E-state index in [-0.39, 0.29) is 24.0 Å². The standard InChI is InChI=1S/C18H19FN4O3/c1-11(24)22-14-7-8-15(19)16(9-14)23-18(26)21-10-12-3-5-13(6-4-12)17(25)20-2/h3-9H,10H2,1-2H3,(H,20,25)(H,22,24)(H2,21,23,26). The minimum Gasteiger partial charge on any atom is -0.355 e. The molecule has 0 saturated heterocycles. The van der Waals surface area contributed by atoms with Gasteiger partial charge < -0.3 is 21.3 Å². The van der Waals surface area contributed by atoms with Gasteiger partial charge in [0.1, 0.15) is 5.82 Å². The second-order valence-electron chi connectivity index (χ2n) is 5.46. The summed E-state index contributed by atoms with van der Waals surface area (Å²) in [4.78, 5) is 34.5. The van der Waals surface area contributed by atoms with Gasteiger partial charge in [0.05, 0.1) is 5.69 Å². The Morgan fingerprint density at radius 2 is 1.69 bits per heavy atom. The van der Waals surface area contributed by atoms with Crippen LogP contribution in [0.15, 0.2) is 42.5 Å². The Bertz CT molecular complexity index is 822. The van der Waals surface area contributed by atoms with Crippen LogP contribution in [0.3, 0.4) is 0 Å². The Balaban J connectivity index is 1.94. The quantitative estimate of drug-likeness (QED) is 0.661. The first-order valence-electron chi connectivity index (χ1n) is 7.82. The lowest BCUT2D eigenvalue weighted by Gasteiger charge is -2.10. The van der Waals surface area contributed by atoms with Gasteiger partial charge in [0.2, 0.25) is 5.91 Å². The summed E-state index contributed by atoms with van der Waals surface area (Å²) in [5.74, 6) is -1.12.